The number of thioether (sulfide) groups is 1. The van der Waals surface area contributed by atoms with E-state index in [1.165, 1.54) is 74.9 Å². The first-order chi connectivity index (χ1) is 13.2. The van der Waals surface area contributed by atoms with Gasteiger partial charge in [-0.05, 0) is 86.7 Å². The molecular weight excluding hydrogens is 370 g/mol. The Labute approximate surface area is 188 Å². The van der Waals surface area contributed by atoms with E-state index in [2.05, 4.69) is 59.4 Å². The van der Waals surface area contributed by atoms with E-state index in [1.54, 1.807) is 0 Å². The number of hydrogen-bond acceptors (Lipinski definition) is 2. The van der Waals surface area contributed by atoms with Crippen molar-refractivity contribution in [1.29, 1.82) is 0 Å². The van der Waals surface area contributed by atoms with Gasteiger partial charge in [-0.3, -0.25) is 0 Å². The van der Waals surface area contributed by atoms with Gasteiger partial charge in [-0.25, -0.2) is 0 Å². The Kier molecular flexibility index (Phi) is 11.4. The molecule has 5 atom stereocenters. The lowest BCUT2D eigenvalue weighted by Crippen LogP contribution is -2.59. The smallest absolute Gasteiger partial charge is 0.0249 e. The third-order valence-electron chi connectivity index (χ3n) is 8.28. The molecular formula is C27H53NS. The molecule has 2 aliphatic carbocycles. The molecule has 2 N–H and O–H groups in total. The lowest BCUT2D eigenvalue weighted by Gasteiger charge is -2.54. The maximum absolute atomic E-state index is 7.28. The summed E-state index contributed by atoms with van der Waals surface area (Å²) in [5.41, 5.74) is 9.31. The highest BCUT2D eigenvalue weighted by molar-refractivity contribution is 7.99. The Morgan fingerprint density at radius 3 is 2.59 bits per heavy atom. The monoisotopic (exact) mass is 423 g/mol. The van der Waals surface area contributed by atoms with Crippen LogP contribution in [-0.2, 0) is 0 Å². The van der Waals surface area contributed by atoms with E-state index in [9.17, 15) is 0 Å². The molecule has 2 unspecified atom stereocenters. The van der Waals surface area contributed by atoms with Gasteiger partial charge in [-0.1, -0.05) is 73.0 Å². The summed E-state index contributed by atoms with van der Waals surface area (Å²) in [5, 5.41) is 0. The van der Waals surface area contributed by atoms with Crippen LogP contribution in [0.2, 0.25) is 0 Å². The third kappa shape index (κ3) is 6.76. The fourth-order valence-electron chi connectivity index (χ4n) is 6.26. The Bertz CT molecular complexity index is 499. The molecule has 2 rings (SSSR count). The van der Waals surface area contributed by atoms with Gasteiger partial charge in [0.05, 0.1) is 0 Å². The first-order valence-electron chi connectivity index (χ1n) is 12.3. The molecule has 0 heterocycles. The fourth-order valence-corrected chi connectivity index (χ4v) is 7.13. The van der Waals surface area contributed by atoms with Crippen molar-refractivity contribution in [3.8, 4) is 0 Å². The Balaban J connectivity index is 0.00000420. The predicted molar refractivity (Wildman–Crippen MR) is 136 cm³/mol. The number of hydrogen-bond donors (Lipinski definition) is 1. The molecule has 172 valence electrons. The summed E-state index contributed by atoms with van der Waals surface area (Å²) in [7, 11) is 0. The minimum atomic E-state index is 0. The molecule has 0 saturated heterocycles. The predicted octanol–water partition coefficient (Wildman–Crippen LogP) is 8.48. The van der Waals surface area contributed by atoms with Gasteiger partial charge in [-0.15, -0.1) is 0 Å². The first-order valence-corrected chi connectivity index (χ1v) is 13.4. The van der Waals surface area contributed by atoms with Crippen molar-refractivity contribution < 1.29 is 0 Å². The second kappa shape index (κ2) is 12.2. The second-order valence-corrected chi connectivity index (χ2v) is 12.0. The summed E-state index contributed by atoms with van der Waals surface area (Å²) in [4.78, 5) is 0. The average Bonchev–Trinajstić information content (AvgIpc) is 2.98. The van der Waals surface area contributed by atoms with Gasteiger partial charge in [0.2, 0.25) is 0 Å². The number of unbranched alkanes of at least 4 members (excludes halogenated alkanes) is 1. The summed E-state index contributed by atoms with van der Waals surface area (Å²) >= 11 is 2.07. The SMILES string of the molecule is C.CCCSC/C(C)=C/C[C@]1(N)C(C)CC[C@@]2(C)C1CC[C@@H]2CCCCC(C)C. The molecule has 2 saturated carbocycles. The van der Waals surface area contributed by atoms with E-state index in [4.69, 9.17) is 5.73 Å². The summed E-state index contributed by atoms with van der Waals surface area (Å²) < 4.78 is 0. The molecule has 1 nitrogen and oxygen atoms in total. The van der Waals surface area contributed by atoms with Crippen LogP contribution >= 0.6 is 11.8 Å². The molecule has 0 aromatic heterocycles. The van der Waals surface area contributed by atoms with Gasteiger partial charge in [0, 0.05) is 11.3 Å². The number of rotatable bonds is 11. The molecule has 29 heavy (non-hydrogen) atoms. The van der Waals surface area contributed by atoms with Gasteiger partial charge in [-0.2, -0.15) is 11.8 Å². The van der Waals surface area contributed by atoms with Crippen molar-refractivity contribution in [2.45, 2.75) is 119 Å². The normalized spacial score (nSPS) is 34.9. The van der Waals surface area contributed by atoms with E-state index in [-0.39, 0.29) is 13.0 Å². The Morgan fingerprint density at radius 1 is 1.21 bits per heavy atom. The molecule has 2 fully saturated rings. The van der Waals surface area contributed by atoms with Gasteiger partial charge < -0.3 is 5.73 Å². The molecule has 0 bridgehead atoms. The zero-order valence-electron chi connectivity index (χ0n) is 19.9. The van der Waals surface area contributed by atoms with Gasteiger partial charge in [0.25, 0.3) is 0 Å². The molecule has 0 aliphatic heterocycles. The first kappa shape index (κ1) is 27.1. The van der Waals surface area contributed by atoms with Crippen LogP contribution in [0.3, 0.4) is 0 Å². The van der Waals surface area contributed by atoms with Gasteiger partial charge in [0.1, 0.15) is 0 Å². The van der Waals surface area contributed by atoms with E-state index < -0.39 is 0 Å². The van der Waals surface area contributed by atoms with Gasteiger partial charge in [0.15, 0.2) is 0 Å². The van der Waals surface area contributed by atoms with Crippen LogP contribution in [-0.4, -0.2) is 17.0 Å². The minimum Gasteiger partial charge on any atom is -0.324 e. The van der Waals surface area contributed by atoms with Gasteiger partial charge >= 0.3 is 0 Å². The van der Waals surface area contributed by atoms with Crippen LogP contribution in [0.5, 0.6) is 0 Å². The van der Waals surface area contributed by atoms with Crippen LogP contribution < -0.4 is 5.73 Å². The highest BCUT2D eigenvalue weighted by Crippen LogP contribution is 2.61. The van der Waals surface area contributed by atoms with Crippen molar-refractivity contribution >= 4 is 11.8 Å². The quantitative estimate of drug-likeness (QED) is 0.266. The minimum absolute atomic E-state index is 0. The number of nitrogens with two attached hydrogens (primary N) is 1. The zero-order valence-corrected chi connectivity index (χ0v) is 20.7. The molecule has 2 heteroatoms. The van der Waals surface area contributed by atoms with Crippen LogP contribution in [0.1, 0.15) is 113 Å². The van der Waals surface area contributed by atoms with Crippen molar-refractivity contribution in [3.63, 3.8) is 0 Å². The summed E-state index contributed by atoms with van der Waals surface area (Å²) in [6.45, 7) is 14.3. The lowest BCUT2D eigenvalue weighted by molar-refractivity contribution is -0.00416. The summed E-state index contributed by atoms with van der Waals surface area (Å²) in [6.07, 6.45) is 16.0. The average molecular weight is 424 g/mol. The van der Waals surface area contributed by atoms with E-state index in [0.29, 0.717) is 17.3 Å². The van der Waals surface area contributed by atoms with Crippen molar-refractivity contribution in [1.82, 2.24) is 0 Å². The van der Waals surface area contributed by atoms with Crippen LogP contribution in [0, 0.1) is 29.1 Å². The maximum atomic E-state index is 7.28. The Morgan fingerprint density at radius 2 is 1.93 bits per heavy atom. The highest BCUT2D eigenvalue weighted by atomic mass is 32.2. The van der Waals surface area contributed by atoms with E-state index >= 15 is 0 Å². The summed E-state index contributed by atoms with van der Waals surface area (Å²) in [6, 6.07) is 0. The molecule has 0 aromatic carbocycles. The molecule has 0 amide bonds. The van der Waals surface area contributed by atoms with E-state index in [1.807, 2.05) is 0 Å². The largest absolute Gasteiger partial charge is 0.324 e. The molecule has 0 spiro atoms. The summed E-state index contributed by atoms with van der Waals surface area (Å²) in [5.74, 6) is 5.58. The van der Waals surface area contributed by atoms with Crippen LogP contribution in [0.15, 0.2) is 11.6 Å². The van der Waals surface area contributed by atoms with Crippen LogP contribution in [0.4, 0.5) is 0 Å². The Hall–Kier alpha value is 0.0500. The van der Waals surface area contributed by atoms with Crippen molar-refractivity contribution in [2.75, 3.05) is 11.5 Å². The lowest BCUT2D eigenvalue weighted by atomic mass is 9.54. The highest BCUT2D eigenvalue weighted by Gasteiger charge is 2.57. The maximum Gasteiger partial charge on any atom is 0.0249 e. The van der Waals surface area contributed by atoms with E-state index in [0.717, 1.165) is 18.3 Å². The molecule has 0 radical (unpaired) electrons. The standard InChI is InChI=1S/C26H49NS.CH4/c1-7-18-28-19-21(4)14-17-26(27)22(5)15-16-25(6)23(12-13-24(25)26)11-9-8-10-20(2)3;/h14,20,22-24H,7-13,15-19,27H2,1-6H3;1H4/b21-14+;/t22?,23-,24?,25+,26-;/m0./s1. The zero-order chi connectivity index (χ0) is 20.8. The fraction of sp³-hybridized carbons (Fsp3) is 0.926. The number of fused-ring (bicyclic) bond motifs is 1. The third-order valence-corrected chi connectivity index (χ3v) is 9.64. The second-order valence-electron chi connectivity index (χ2n) is 10.9. The molecule has 2 aliphatic rings. The van der Waals surface area contributed by atoms with Crippen LogP contribution in [0.25, 0.3) is 0 Å². The molecule has 0 aromatic rings. The van der Waals surface area contributed by atoms with Crippen molar-refractivity contribution in [3.05, 3.63) is 11.6 Å². The topological polar surface area (TPSA) is 26.0 Å². The van der Waals surface area contributed by atoms with Crippen molar-refractivity contribution in [2.24, 2.45) is 34.8 Å².